The van der Waals surface area contributed by atoms with E-state index >= 15 is 0 Å². The van der Waals surface area contributed by atoms with Gasteiger partial charge in [-0.3, -0.25) is 14.4 Å². The SMILES string of the molecule is NC(=O)COc1cccc(C(=O)N2CCCCC2CCN2CCCC2=O)c1. The van der Waals surface area contributed by atoms with Crippen molar-refractivity contribution in [2.24, 2.45) is 5.73 Å². The first-order valence-corrected chi connectivity index (χ1v) is 9.64. The molecule has 2 fully saturated rings. The van der Waals surface area contributed by atoms with E-state index in [-0.39, 0.29) is 24.5 Å². The van der Waals surface area contributed by atoms with Gasteiger partial charge in [0.15, 0.2) is 6.61 Å². The van der Waals surface area contributed by atoms with Crippen molar-refractivity contribution >= 4 is 17.7 Å². The molecule has 2 aliphatic heterocycles. The summed E-state index contributed by atoms with van der Waals surface area (Å²) in [5, 5.41) is 0. The molecule has 1 aromatic carbocycles. The largest absolute Gasteiger partial charge is 0.484 e. The zero-order chi connectivity index (χ0) is 19.2. The van der Waals surface area contributed by atoms with E-state index < -0.39 is 5.91 Å². The van der Waals surface area contributed by atoms with Crippen molar-refractivity contribution in [2.75, 3.05) is 26.2 Å². The average Bonchev–Trinajstić information content (AvgIpc) is 3.09. The minimum absolute atomic E-state index is 0.0306. The maximum atomic E-state index is 13.1. The molecule has 2 heterocycles. The fraction of sp³-hybridized carbons (Fsp3) is 0.550. The first-order valence-electron chi connectivity index (χ1n) is 9.64. The Balaban J connectivity index is 1.64. The summed E-state index contributed by atoms with van der Waals surface area (Å²) >= 11 is 0. The topological polar surface area (TPSA) is 92.9 Å². The van der Waals surface area contributed by atoms with Gasteiger partial charge in [0, 0.05) is 37.7 Å². The Morgan fingerprint density at radius 2 is 2.04 bits per heavy atom. The van der Waals surface area contributed by atoms with Crippen molar-refractivity contribution in [1.82, 2.24) is 9.80 Å². The van der Waals surface area contributed by atoms with E-state index in [2.05, 4.69) is 0 Å². The fourth-order valence-corrected chi connectivity index (χ4v) is 3.85. The Hall–Kier alpha value is -2.57. The predicted octanol–water partition coefficient (Wildman–Crippen LogP) is 1.56. The summed E-state index contributed by atoms with van der Waals surface area (Å²) in [6.07, 6.45) is 5.45. The highest BCUT2D eigenvalue weighted by Crippen LogP contribution is 2.24. The quantitative estimate of drug-likeness (QED) is 0.785. The first kappa shape index (κ1) is 19.2. The standard InChI is InChI=1S/C20H27N3O4/c21-18(24)14-27-17-7-3-5-15(13-17)20(26)23-11-2-1-6-16(23)9-12-22-10-4-8-19(22)25/h3,5,7,13,16H,1-2,4,6,8-12,14H2,(H2,21,24). The number of nitrogens with zero attached hydrogens (tertiary/aromatic N) is 2. The number of primary amides is 1. The van der Waals surface area contributed by atoms with Crippen molar-refractivity contribution in [3.8, 4) is 5.75 Å². The van der Waals surface area contributed by atoms with E-state index in [0.29, 0.717) is 17.7 Å². The fourth-order valence-electron chi connectivity index (χ4n) is 3.85. The van der Waals surface area contributed by atoms with E-state index in [1.807, 2.05) is 9.80 Å². The molecule has 3 amide bonds. The second kappa shape index (κ2) is 8.88. The number of piperidine rings is 1. The number of nitrogens with two attached hydrogens (primary N) is 1. The molecule has 0 aromatic heterocycles. The summed E-state index contributed by atoms with van der Waals surface area (Å²) in [6.45, 7) is 2.06. The van der Waals surface area contributed by atoms with Gasteiger partial charge in [-0.15, -0.1) is 0 Å². The lowest BCUT2D eigenvalue weighted by Crippen LogP contribution is -2.45. The molecule has 3 rings (SSSR count). The van der Waals surface area contributed by atoms with Gasteiger partial charge in [0.1, 0.15) is 5.75 Å². The van der Waals surface area contributed by atoms with Gasteiger partial charge in [-0.2, -0.15) is 0 Å². The van der Waals surface area contributed by atoms with E-state index in [1.54, 1.807) is 24.3 Å². The van der Waals surface area contributed by atoms with Gasteiger partial charge in [0.05, 0.1) is 0 Å². The maximum Gasteiger partial charge on any atom is 0.255 e. The molecular formula is C20H27N3O4. The van der Waals surface area contributed by atoms with Crippen LogP contribution in [0.1, 0.15) is 48.9 Å². The Bertz CT molecular complexity index is 706. The minimum Gasteiger partial charge on any atom is -0.484 e. The van der Waals surface area contributed by atoms with Crippen LogP contribution in [0.5, 0.6) is 5.75 Å². The van der Waals surface area contributed by atoms with Crippen LogP contribution in [-0.2, 0) is 9.59 Å². The molecule has 146 valence electrons. The predicted molar refractivity (Wildman–Crippen MR) is 100 cm³/mol. The molecule has 1 unspecified atom stereocenters. The number of benzene rings is 1. The van der Waals surface area contributed by atoms with E-state index in [0.717, 1.165) is 51.7 Å². The lowest BCUT2D eigenvalue weighted by Gasteiger charge is -2.36. The highest BCUT2D eigenvalue weighted by molar-refractivity contribution is 5.95. The molecule has 0 radical (unpaired) electrons. The molecular weight excluding hydrogens is 346 g/mol. The Morgan fingerprint density at radius 1 is 1.19 bits per heavy atom. The number of carbonyl (C=O) groups excluding carboxylic acids is 3. The third-order valence-electron chi connectivity index (χ3n) is 5.25. The Kier molecular flexibility index (Phi) is 6.32. The van der Waals surface area contributed by atoms with Crippen molar-refractivity contribution < 1.29 is 19.1 Å². The van der Waals surface area contributed by atoms with Crippen LogP contribution in [0.2, 0.25) is 0 Å². The van der Waals surface area contributed by atoms with Gasteiger partial charge in [-0.25, -0.2) is 0 Å². The normalized spacial score (nSPS) is 20.0. The third kappa shape index (κ3) is 4.99. The maximum absolute atomic E-state index is 13.1. The van der Waals surface area contributed by atoms with Gasteiger partial charge in [0.25, 0.3) is 11.8 Å². The highest BCUT2D eigenvalue weighted by Gasteiger charge is 2.29. The van der Waals surface area contributed by atoms with Crippen LogP contribution < -0.4 is 10.5 Å². The van der Waals surface area contributed by atoms with Crippen LogP contribution in [0, 0.1) is 0 Å². The van der Waals surface area contributed by atoms with Gasteiger partial charge < -0.3 is 20.3 Å². The molecule has 0 bridgehead atoms. The molecule has 1 atom stereocenters. The molecule has 2 saturated heterocycles. The van der Waals surface area contributed by atoms with Crippen LogP contribution in [0.25, 0.3) is 0 Å². The van der Waals surface area contributed by atoms with Crippen molar-refractivity contribution in [2.45, 2.75) is 44.6 Å². The smallest absolute Gasteiger partial charge is 0.255 e. The van der Waals surface area contributed by atoms with E-state index in [9.17, 15) is 14.4 Å². The third-order valence-corrected chi connectivity index (χ3v) is 5.25. The lowest BCUT2D eigenvalue weighted by molar-refractivity contribution is -0.127. The monoisotopic (exact) mass is 373 g/mol. The van der Waals surface area contributed by atoms with Crippen LogP contribution in [0.3, 0.4) is 0 Å². The summed E-state index contributed by atoms with van der Waals surface area (Å²) in [7, 11) is 0. The van der Waals surface area contributed by atoms with Crippen LogP contribution in [-0.4, -0.2) is 59.8 Å². The summed E-state index contributed by atoms with van der Waals surface area (Å²) in [6, 6.07) is 7.00. The van der Waals surface area contributed by atoms with Crippen molar-refractivity contribution in [1.29, 1.82) is 0 Å². The zero-order valence-corrected chi connectivity index (χ0v) is 15.6. The van der Waals surface area contributed by atoms with E-state index in [4.69, 9.17) is 10.5 Å². The summed E-state index contributed by atoms with van der Waals surface area (Å²) in [5.41, 5.74) is 5.64. The average molecular weight is 373 g/mol. The van der Waals surface area contributed by atoms with E-state index in [1.165, 1.54) is 0 Å². The van der Waals surface area contributed by atoms with Crippen LogP contribution in [0.15, 0.2) is 24.3 Å². The van der Waals surface area contributed by atoms with Gasteiger partial charge in [-0.1, -0.05) is 6.07 Å². The first-order chi connectivity index (χ1) is 13.0. The summed E-state index contributed by atoms with van der Waals surface area (Å²) in [5.74, 6) is 0.0927. The molecule has 0 aliphatic carbocycles. The summed E-state index contributed by atoms with van der Waals surface area (Å²) < 4.78 is 5.31. The van der Waals surface area contributed by atoms with Gasteiger partial charge in [0.2, 0.25) is 5.91 Å². The number of carbonyl (C=O) groups is 3. The number of hydrogen-bond donors (Lipinski definition) is 1. The minimum atomic E-state index is -0.556. The number of hydrogen-bond acceptors (Lipinski definition) is 4. The van der Waals surface area contributed by atoms with Crippen molar-refractivity contribution in [3.63, 3.8) is 0 Å². The number of amides is 3. The number of likely N-dealkylation sites (tertiary alicyclic amines) is 2. The number of ether oxygens (including phenoxy) is 1. The second-order valence-electron chi connectivity index (χ2n) is 7.20. The highest BCUT2D eigenvalue weighted by atomic mass is 16.5. The van der Waals surface area contributed by atoms with Gasteiger partial charge in [-0.05, 0) is 50.3 Å². The van der Waals surface area contributed by atoms with Gasteiger partial charge >= 0.3 is 0 Å². The lowest BCUT2D eigenvalue weighted by atomic mass is 9.98. The Labute approximate surface area is 159 Å². The zero-order valence-electron chi connectivity index (χ0n) is 15.6. The Morgan fingerprint density at radius 3 is 2.78 bits per heavy atom. The molecule has 27 heavy (non-hydrogen) atoms. The molecule has 0 spiro atoms. The molecule has 1 aromatic rings. The van der Waals surface area contributed by atoms with Crippen LogP contribution >= 0.6 is 0 Å². The molecule has 2 aliphatic rings. The summed E-state index contributed by atoms with van der Waals surface area (Å²) in [4.78, 5) is 39.6. The molecule has 2 N–H and O–H groups in total. The molecule has 7 nitrogen and oxygen atoms in total. The molecule has 7 heteroatoms. The molecule has 0 saturated carbocycles. The second-order valence-corrected chi connectivity index (χ2v) is 7.20. The van der Waals surface area contributed by atoms with Crippen molar-refractivity contribution in [3.05, 3.63) is 29.8 Å². The number of rotatable bonds is 7. The van der Waals surface area contributed by atoms with Crippen LogP contribution in [0.4, 0.5) is 0 Å².